The number of nitrogens with zero attached hydrogens (tertiary/aromatic N) is 3. The first-order valence-electron chi connectivity index (χ1n) is 5.85. The highest BCUT2D eigenvalue weighted by molar-refractivity contribution is 7.12. The van der Waals surface area contributed by atoms with Crippen molar-refractivity contribution < 1.29 is 4.92 Å². The van der Waals surface area contributed by atoms with Crippen molar-refractivity contribution in [3.8, 4) is 6.07 Å². The van der Waals surface area contributed by atoms with Gasteiger partial charge in [-0.15, -0.1) is 11.3 Å². The second-order valence-corrected chi connectivity index (χ2v) is 5.61. The molecule has 7 heteroatoms. The van der Waals surface area contributed by atoms with E-state index in [1.807, 2.05) is 26.0 Å². The third-order valence-corrected chi connectivity index (χ3v) is 3.99. The highest BCUT2D eigenvalue weighted by atomic mass is 32.1. The highest BCUT2D eigenvalue weighted by Crippen LogP contribution is 2.25. The summed E-state index contributed by atoms with van der Waals surface area (Å²) in [5.41, 5.74) is 1.19. The number of hydrogen-bond donors (Lipinski definition) is 1. The molecule has 2 heterocycles. The Morgan fingerprint density at radius 1 is 1.50 bits per heavy atom. The van der Waals surface area contributed by atoms with Crippen molar-refractivity contribution in [2.75, 3.05) is 5.32 Å². The van der Waals surface area contributed by atoms with E-state index in [0.29, 0.717) is 6.54 Å². The number of hydrogen-bond acceptors (Lipinski definition) is 6. The molecule has 0 fully saturated rings. The zero-order valence-corrected chi connectivity index (χ0v) is 11.8. The van der Waals surface area contributed by atoms with Gasteiger partial charge in [0.15, 0.2) is 0 Å². The normalized spacial score (nSPS) is 10.1. The number of thiophene rings is 1. The predicted molar refractivity (Wildman–Crippen MR) is 76.7 cm³/mol. The van der Waals surface area contributed by atoms with Crippen LogP contribution in [0.5, 0.6) is 0 Å². The first-order chi connectivity index (χ1) is 9.51. The number of aromatic nitrogens is 1. The van der Waals surface area contributed by atoms with Crippen LogP contribution in [0.25, 0.3) is 0 Å². The molecular formula is C13H12N4O2S. The summed E-state index contributed by atoms with van der Waals surface area (Å²) in [5.74, 6) is 0.178. The minimum Gasteiger partial charge on any atom is -0.359 e. The van der Waals surface area contributed by atoms with Gasteiger partial charge in [-0.05, 0) is 25.5 Å². The Bertz CT molecular complexity index is 683. The van der Waals surface area contributed by atoms with Crippen LogP contribution >= 0.6 is 11.3 Å². The molecule has 102 valence electrons. The van der Waals surface area contributed by atoms with Crippen LogP contribution in [0, 0.1) is 35.3 Å². The molecule has 0 radical (unpaired) electrons. The number of rotatable bonds is 4. The summed E-state index contributed by atoms with van der Waals surface area (Å²) in [6.45, 7) is 4.53. The smallest absolute Gasteiger partial charge is 0.312 e. The molecule has 0 aliphatic rings. The van der Waals surface area contributed by atoms with E-state index in [4.69, 9.17) is 5.26 Å². The number of aryl methyl sites for hydroxylation is 2. The van der Waals surface area contributed by atoms with Crippen LogP contribution in [0.15, 0.2) is 18.3 Å². The Hall–Kier alpha value is -2.46. The minimum atomic E-state index is -0.541. The average molecular weight is 288 g/mol. The van der Waals surface area contributed by atoms with Gasteiger partial charge in [-0.25, -0.2) is 4.98 Å². The molecule has 1 N–H and O–H groups in total. The number of pyridine rings is 1. The largest absolute Gasteiger partial charge is 0.359 e. The van der Waals surface area contributed by atoms with Crippen LogP contribution in [-0.2, 0) is 6.54 Å². The molecule has 6 nitrogen and oxygen atoms in total. The van der Waals surface area contributed by atoms with Crippen molar-refractivity contribution in [1.82, 2.24) is 4.98 Å². The fraction of sp³-hybridized carbons (Fsp3) is 0.231. The van der Waals surface area contributed by atoms with Crippen LogP contribution in [0.2, 0.25) is 0 Å². The monoisotopic (exact) mass is 288 g/mol. The van der Waals surface area contributed by atoms with Gasteiger partial charge >= 0.3 is 5.69 Å². The molecule has 0 amide bonds. The van der Waals surface area contributed by atoms with E-state index in [9.17, 15) is 10.1 Å². The summed E-state index contributed by atoms with van der Waals surface area (Å²) < 4.78 is 0. The molecule has 2 rings (SSSR count). The zero-order chi connectivity index (χ0) is 14.7. The maximum Gasteiger partial charge on any atom is 0.312 e. The Morgan fingerprint density at radius 3 is 2.80 bits per heavy atom. The summed E-state index contributed by atoms with van der Waals surface area (Å²) >= 11 is 1.64. The van der Waals surface area contributed by atoms with Crippen molar-refractivity contribution in [3.63, 3.8) is 0 Å². The number of anilines is 1. The summed E-state index contributed by atoms with van der Waals surface area (Å²) in [4.78, 5) is 16.7. The molecule has 0 saturated heterocycles. The molecule has 2 aromatic heterocycles. The maximum atomic E-state index is 11.0. The van der Waals surface area contributed by atoms with Gasteiger partial charge in [0.1, 0.15) is 6.07 Å². The predicted octanol–water partition coefficient (Wildman–Crippen LogP) is 3.15. The number of nitro groups is 1. The van der Waals surface area contributed by atoms with Gasteiger partial charge < -0.3 is 5.32 Å². The van der Waals surface area contributed by atoms with Gasteiger partial charge in [0.25, 0.3) is 0 Å². The van der Waals surface area contributed by atoms with Crippen LogP contribution in [-0.4, -0.2) is 9.91 Å². The van der Waals surface area contributed by atoms with Gasteiger partial charge in [0, 0.05) is 22.0 Å². The lowest BCUT2D eigenvalue weighted by Gasteiger charge is -2.04. The third-order valence-electron chi connectivity index (χ3n) is 2.84. The first-order valence-corrected chi connectivity index (χ1v) is 6.67. The van der Waals surface area contributed by atoms with Crippen molar-refractivity contribution in [3.05, 3.63) is 49.3 Å². The molecule has 0 saturated carbocycles. The van der Waals surface area contributed by atoms with E-state index in [1.54, 1.807) is 11.3 Å². The van der Waals surface area contributed by atoms with Crippen molar-refractivity contribution in [2.45, 2.75) is 20.4 Å². The SMILES string of the molecule is Cc1cc(CNc2ncc(C#N)cc2[N+](=O)[O-])sc1C. The molecule has 0 aliphatic carbocycles. The summed E-state index contributed by atoms with van der Waals surface area (Å²) in [6.07, 6.45) is 1.32. The Labute approximate surface area is 119 Å². The minimum absolute atomic E-state index is 0.171. The lowest BCUT2D eigenvalue weighted by molar-refractivity contribution is -0.384. The van der Waals surface area contributed by atoms with E-state index in [1.165, 1.54) is 22.7 Å². The first kappa shape index (κ1) is 14.0. The fourth-order valence-electron chi connectivity index (χ4n) is 1.70. The Balaban J connectivity index is 2.21. The topological polar surface area (TPSA) is 91.8 Å². The van der Waals surface area contributed by atoms with Crippen molar-refractivity contribution in [1.29, 1.82) is 5.26 Å². The quantitative estimate of drug-likeness (QED) is 0.689. The third kappa shape index (κ3) is 2.92. The number of nitriles is 1. The van der Waals surface area contributed by atoms with Crippen LogP contribution < -0.4 is 5.32 Å². The van der Waals surface area contributed by atoms with E-state index >= 15 is 0 Å². The Morgan fingerprint density at radius 2 is 2.25 bits per heavy atom. The van der Waals surface area contributed by atoms with Gasteiger partial charge in [-0.3, -0.25) is 10.1 Å². The van der Waals surface area contributed by atoms with E-state index in [2.05, 4.69) is 10.3 Å². The van der Waals surface area contributed by atoms with Crippen LogP contribution in [0.1, 0.15) is 20.9 Å². The molecule has 0 unspecified atom stereocenters. The lowest BCUT2D eigenvalue weighted by Crippen LogP contribution is -2.04. The van der Waals surface area contributed by atoms with Gasteiger partial charge in [-0.2, -0.15) is 5.26 Å². The van der Waals surface area contributed by atoms with Crippen LogP contribution in [0.4, 0.5) is 11.5 Å². The molecule has 20 heavy (non-hydrogen) atoms. The molecule has 0 atom stereocenters. The second-order valence-electron chi connectivity index (χ2n) is 4.27. The van der Waals surface area contributed by atoms with Crippen molar-refractivity contribution >= 4 is 22.8 Å². The fourth-order valence-corrected chi connectivity index (χ4v) is 2.69. The maximum absolute atomic E-state index is 11.0. The lowest BCUT2D eigenvalue weighted by atomic mass is 10.2. The van der Waals surface area contributed by atoms with Crippen molar-refractivity contribution in [2.24, 2.45) is 0 Å². The summed E-state index contributed by atoms with van der Waals surface area (Å²) in [7, 11) is 0. The molecule has 0 bridgehead atoms. The van der Waals surface area contributed by atoms with Gasteiger partial charge in [0.05, 0.1) is 17.0 Å². The molecular weight excluding hydrogens is 276 g/mol. The molecule has 2 aromatic rings. The average Bonchev–Trinajstić information content (AvgIpc) is 2.75. The summed E-state index contributed by atoms with van der Waals surface area (Å²) in [5, 5.41) is 22.7. The van der Waals surface area contributed by atoms with Crippen LogP contribution in [0.3, 0.4) is 0 Å². The van der Waals surface area contributed by atoms with Gasteiger partial charge in [0.2, 0.25) is 5.82 Å². The van der Waals surface area contributed by atoms with E-state index in [-0.39, 0.29) is 17.1 Å². The standard InChI is InChI=1S/C13H12N4O2S/c1-8-3-11(20-9(8)2)7-16-13-12(17(18)19)4-10(5-14)6-15-13/h3-4,6H,7H2,1-2H3,(H,15,16). The van der Waals surface area contributed by atoms with Gasteiger partial charge in [-0.1, -0.05) is 0 Å². The second kappa shape index (κ2) is 5.67. The molecule has 0 spiro atoms. The van der Waals surface area contributed by atoms with E-state index < -0.39 is 4.92 Å². The highest BCUT2D eigenvalue weighted by Gasteiger charge is 2.16. The number of nitrogens with one attached hydrogen (secondary N) is 1. The molecule has 0 aromatic carbocycles. The van der Waals surface area contributed by atoms with E-state index in [0.717, 1.165) is 4.88 Å². The Kier molecular flexibility index (Phi) is 3.96. The zero-order valence-electron chi connectivity index (χ0n) is 11.0. The molecule has 0 aliphatic heterocycles. The summed E-state index contributed by atoms with van der Waals surface area (Å²) in [6, 6.07) is 5.11.